The number of nitrogens with one attached hydrogen (secondary N) is 2. The number of halogens is 2. The van der Waals surface area contributed by atoms with Gasteiger partial charge in [0.05, 0.1) is 12.6 Å². The molecule has 0 aliphatic carbocycles. The molecule has 27 heavy (non-hydrogen) atoms. The summed E-state index contributed by atoms with van der Waals surface area (Å²) in [6.07, 6.45) is 6.12. The van der Waals surface area contributed by atoms with Crippen LogP contribution in [0.5, 0.6) is 0 Å². The molecule has 0 radical (unpaired) electrons. The van der Waals surface area contributed by atoms with Crippen molar-refractivity contribution in [1.82, 2.24) is 20.1 Å². The summed E-state index contributed by atoms with van der Waals surface area (Å²) < 4.78 is 1.75. The minimum atomic E-state index is -0.625. The van der Waals surface area contributed by atoms with Crippen molar-refractivity contribution in [2.75, 3.05) is 11.9 Å². The van der Waals surface area contributed by atoms with Crippen molar-refractivity contribution in [2.45, 2.75) is 32.9 Å². The molecule has 1 atom stereocenters. The summed E-state index contributed by atoms with van der Waals surface area (Å²) in [5, 5.41) is 9.46. The van der Waals surface area contributed by atoms with E-state index in [-0.39, 0.29) is 49.1 Å². The minimum absolute atomic E-state index is 0. The van der Waals surface area contributed by atoms with E-state index in [0.29, 0.717) is 12.4 Å². The van der Waals surface area contributed by atoms with Crippen molar-refractivity contribution in [3.05, 3.63) is 42.4 Å². The van der Waals surface area contributed by atoms with Crippen LogP contribution in [0.25, 0.3) is 0 Å². The first-order chi connectivity index (χ1) is 12.0. The molecule has 2 heterocycles. The zero-order valence-corrected chi connectivity index (χ0v) is 16.9. The summed E-state index contributed by atoms with van der Waals surface area (Å²) >= 11 is 0. The Hall–Kier alpha value is -2.16. The molecule has 2 rings (SSSR count). The van der Waals surface area contributed by atoms with Crippen LogP contribution < -0.4 is 16.4 Å². The van der Waals surface area contributed by atoms with Gasteiger partial charge in [-0.1, -0.05) is 13.8 Å². The highest BCUT2D eigenvalue weighted by Gasteiger charge is 2.17. The van der Waals surface area contributed by atoms with Crippen molar-refractivity contribution in [3.8, 4) is 0 Å². The van der Waals surface area contributed by atoms with E-state index in [1.807, 2.05) is 26.0 Å². The van der Waals surface area contributed by atoms with Crippen molar-refractivity contribution in [1.29, 1.82) is 0 Å². The molecular weight excluding hydrogens is 391 g/mol. The molecule has 8 nitrogen and oxygen atoms in total. The zero-order valence-electron chi connectivity index (χ0n) is 15.3. The second kappa shape index (κ2) is 12.3. The third-order valence-electron chi connectivity index (χ3n) is 3.73. The number of aryl methyl sites for hydroxylation is 2. The number of rotatable bonds is 8. The summed E-state index contributed by atoms with van der Waals surface area (Å²) in [4.78, 5) is 27.6. The average Bonchev–Trinajstić information content (AvgIpc) is 3.05. The lowest BCUT2D eigenvalue weighted by molar-refractivity contribution is -0.125. The van der Waals surface area contributed by atoms with Gasteiger partial charge in [0.25, 0.3) is 0 Å². The van der Waals surface area contributed by atoms with Gasteiger partial charge in [0, 0.05) is 31.2 Å². The van der Waals surface area contributed by atoms with E-state index in [4.69, 9.17) is 5.73 Å². The average molecular weight is 417 g/mol. The van der Waals surface area contributed by atoms with E-state index in [1.165, 1.54) is 5.56 Å². The summed E-state index contributed by atoms with van der Waals surface area (Å²) in [6, 6.07) is 5.00. The Morgan fingerprint density at radius 1 is 1.19 bits per heavy atom. The molecule has 0 saturated carbocycles. The Balaban J connectivity index is 0.00000338. The number of aromatic nitrogens is 3. The Kier molecular flexibility index (Phi) is 11.3. The van der Waals surface area contributed by atoms with Crippen LogP contribution in [-0.4, -0.2) is 39.2 Å². The van der Waals surface area contributed by atoms with Gasteiger partial charge in [-0.05, 0) is 30.0 Å². The molecule has 0 saturated heterocycles. The number of carbonyl (C=O) groups excluding carboxylic acids is 2. The third kappa shape index (κ3) is 8.38. The SMILES string of the molecule is CC(C)[C@H](N)C(=O)NCC(=O)Nc1ccn(CCc2ccncc2)n1.Cl.Cl. The van der Waals surface area contributed by atoms with Crippen LogP contribution in [0.15, 0.2) is 36.8 Å². The van der Waals surface area contributed by atoms with Crippen LogP contribution in [0.2, 0.25) is 0 Å². The largest absolute Gasteiger partial charge is 0.346 e. The Labute approximate surface area is 171 Å². The van der Waals surface area contributed by atoms with E-state index in [0.717, 1.165) is 6.42 Å². The summed E-state index contributed by atoms with van der Waals surface area (Å²) in [5.74, 6) is -0.224. The molecular formula is C17H26Cl2N6O2. The van der Waals surface area contributed by atoms with Gasteiger partial charge in [-0.25, -0.2) is 0 Å². The lowest BCUT2D eigenvalue weighted by Crippen LogP contribution is -2.46. The van der Waals surface area contributed by atoms with Gasteiger partial charge in [-0.3, -0.25) is 19.3 Å². The molecule has 0 unspecified atom stereocenters. The Morgan fingerprint density at radius 2 is 1.85 bits per heavy atom. The standard InChI is InChI=1S/C17H24N6O2.2ClH/c1-12(2)16(18)17(25)20-11-15(24)21-14-6-10-23(22-14)9-5-13-3-7-19-8-4-13;;/h3-4,6-8,10,12,16H,5,9,11,18H2,1-2H3,(H,20,25)(H,21,22,24);2*1H/t16-;;/m0../s1. The van der Waals surface area contributed by atoms with Gasteiger partial charge in [0.1, 0.15) is 0 Å². The molecule has 0 aliphatic heterocycles. The fourth-order valence-corrected chi connectivity index (χ4v) is 2.12. The number of anilines is 1. The number of carbonyl (C=O) groups is 2. The van der Waals surface area contributed by atoms with E-state index in [9.17, 15) is 9.59 Å². The number of hydrogen-bond donors (Lipinski definition) is 3. The van der Waals surface area contributed by atoms with Crippen molar-refractivity contribution < 1.29 is 9.59 Å². The topological polar surface area (TPSA) is 115 Å². The number of nitrogens with two attached hydrogens (primary N) is 1. The predicted octanol–water partition coefficient (Wildman–Crippen LogP) is 1.40. The molecule has 0 spiro atoms. The van der Waals surface area contributed by atoms with Gasteiger partial charge >= 0.3 is 0 Å². The van der Waals surface area contributed by atoms with E-state index in [1.54, 1.807) is 29.3 Å². The highest BCUT2D eigenvalue weighted by Crippen LogP contribution is 2.05. The summed E-state index contributed by atoms with van der Waals surface area (Å²) in [6.45, 7) is 4.26. The molecule has 0 bridgehead atoms. The number of hydrogen-bond acceptors (Lipinski definition) is 5. The highest BCUT2D eigenvalue weighted by molar-refractivity contribution is 5.94. The van der Waals surface area contributed by atoms with Gasteiger partial charge in [0.15, 0.2) is 5.82 Å². The van der Waals surface area contributed by atoms with E-state index in [2.05, 4.69) is 20.7 Å². The molecule has 4 N–H and O–H groups in total. The van der Waals surface area contributed by atoms with Crippen LogP contribution in [0.1, 0.15) is 19.4 Å². The first-order valence-electron chi connectivity index (χ1n) is 8.21. The van der Waals surface area contributed by atoms with Crippen LogP contribution in [-0.2, 0) is 22.6 Å². The second-order valence-corrected chi connectivity index (χ2v) is 6.11. The Morgan fingerprint density at radius 3 is 2.48 bits per heavy atom. The van der Waals surface area contributed by atoms with Gasteiger partial charge < -0.3 is 16.4 Å². The van der Waals surface area contributed by atoms with Gasteiger partial charge in [-0.2, -0.15) is 5.10 Å². The second-order valence-electron chi connectivity index (χ2n) is 6.11. The maximum absolute atomic E-state index is 11.9. The van der Waals surface area contributed by atoms with Gasteiger partial charge in [-0.15, -0.1) is 24.8 Å². The highest BCUT2D eigenvalue weighted by atomic mass is 35.5. The first kappa shape index (κ1) is 24.8. The quantitative estimate of drug-likeness (QED) is 0.601. The van der Waals surface area contributed by atoms with Crippen LogP contribution in [0.4, 0.5) is 5.82 Å². The predicted molar refractivity (Wildman–Crippen MR) is 109 cm³/mol. The van der Waals surface area contributed by atoms with E-state index >= 15 is 0 Å². The van der Waals surface area contributed by atoms with Crippen molar-refractivity contribution >= 4 is 42.4 Å². The fraction of sp³-hybridized carbons (Fsp3) is 0.412. The van der Waals surface area contributed by atoms with Crippen LogP contribution in [0, 0.1) is 5.92 Å². The maximum Gasteiger partial charge on any atom is 0.244 e. The smallest absolute Gasteiger partial charge is 0.244 e. The molecule has 0 aliphatic rings. The molecule has 0 aromatic carbocycles. The minimum Gasteiger partial charge on any atom is -0.346 e. The van der Waals surface area contributed by atoms with Crippen LogP contribution >= 0.6 is 24.8 Å². The molecule has 2 amide bonds. The summed E-state index contributed by atoms with van der Waals surface area (Å²) in [7, 11) is 0. The van der Waals surface area contributed by atoms with Crippen molar-refractivity contribution in [3.63, 3.8) is 0 Å². The molecule has 150 valence electrons. The third-order valence-corrected chi connectivity index (χ3v) is 3.73. The molecule has 10 heteroatoms. The van der Waals surface area contributed by atoms with Crippen LogP contribution in [0.3, 0.4) is 0 Å². The normalized spacial score (nSPS) is 11.1. The lowest BCUT2D eigenvalue weighted by atomic mass is 10.1. The molecule has 2 aromatic heterocycles. The number of pyridine rings is 1. The Bertz CT molecular complexity index is 708. The first-order valence-corrected chi connectivity index (χ1v) is 8.21. The summed E-state index contributed by atoms with van der Waals surface area (Å²) in [5.41, 5.74) is 6.89. The van der Waals surface area contributed by atoms with Crippen molar-refractivity contribution in [2.24, 2.45) is 11.7 Å². The number of amides is 2. The monoisotopic (exact) mass is 416 g/mol. The van der Waals surface area contributed by atoms with E-state index < -0.39 is 6.04 Å². The lowest BCUT2D eigenvalue weighted by Gasteiger charge is -2.14. The maximum atomic E-state index is 11.9. The molecule has 2 aromatic rings. The fourth-order valence-electron chi connectivity index (χ4n) is 2.12. The molecule has 0 fully saturated rings. The zero-order chi connectivity index (χ0) is 18.2. The van der Waals surface area contributed by atoms with Gasteiger partial charge in [0.2, 0.25) is 11.8 Å². The number of nitrogens with zero attached hydrogens (tertiary/aromatic N) is 3.